The van der Waals surface area contributed by atoms with Gasteiger partial charge in [-0.25, -0.2) is 4.79 Å². The van der Waals surface area contributed by atoms with Crippen molar-refractivity contribution in [3.05, 3.63) is 49.0 Å². The molecule has 8 heteroatoms. The second-order valence-electron chi connectivity index (χ2n) is 3.78. The van der Waals surface area contributed by atoms with Crippen LogP contribution in [0.4, 0.5) is 0 Å². The molecule has 0 aliphatic rings. The van der Waals surface area contributed by atoms with Gasteiger partial charge in [0.25, 0.3) is 5.91 Å². The van der Waals surface area contributed by atoms with Gasteiger partial charge in [0.05, 0.1) is 10.9 Å². The third-order valence-corrected chi connectivity index (χ3v) is 5.65. The molecular weight excluding hydrogens is 426 g/mol. The van der Waals surface area contributed by atoms with Gasteiger partial charge >= 0.3 is 5.97 Å². The Morgan fingerprint density at radius 2 is 2.00 bits per heavy atom. The summed E-state index contributed by atoms with van der Waals surface area (Å²) in [6.45, 7) is 0. The summed E-state index contributed by atoms with van der Waals surface area (Å²) in [6, 6.07) is 8.12. The first-order valence-electron chi connectivity index (χ1n) is 5.61. The number of rotatable bonds is 3. The van der Waals surface area contributed by atoms with E-state index in [0.29, 0.717) is 16.2 Å². The van der Waals surface area contributed by atoms with Crippen molar-refractivity contribution in [2.45, 2.75) is 0 Å². The number of methoxy groups -OCH3 is 1. The molecule has 0 saturated heterocycles. The van der Waals surface area contributed by atoms with Gasteiger partial charge in [-0.05, 0) is 56.1 Å². The highest BCUT2D eigenvalue weighted by Crippen LogP contribution is 2.32. The van der Waals surface area contributed by atoms with E-state index >= 15 is 0 Å². The van der Waals surface area contributed by atoms with E-state index in [1.807, 2.05) is 0 Å². The maximum Gasteiger partial charge on any atom is 0.372 e. The maximum atomic E-state index is 11.9. The zero-order chi connectivity index (χ0) is 15.4. The van der Waals surface area contributed by atoms with Crippen LogP contribution in [0.15, 0.2) is 38.6 Å². The standard InChI is InChI=1S/C13H9Br2NO4S/c1-19-8-4-2-3-7(5-8)12(17)16-20-13(18)10-6-9(14)11(15)21-10/h2-6H,1H3,(H,16,17). The van der Waals surface area contributed by atoms with E-state index in [1.54, 1.807) is 30.3 Å². The van der Waals surface area contributed by atoms with Crippen molar-refractivity contribution in [3.8, 4) is 5.75 Å². The van der Waals surface area contributed by atoms with Crippen molar-refractivity contribution >= 4 is 55.1 Å². The second-order valence-corrected chi connectivity index (χ2v) is 7.01. The predicted molar refractivity (Wildman–Crippen MR) is 85.6 cm³/mol. The molecule has 0 radical (unpaired) electrons. The van der Waals surface area contributed by atoms with E-state index in [1.165, 1.54) is 18.4 Å². The number of amides is 1. The molecule has 1 heterocycles. The lowest BCUT2D eigenvalue weighted by molar-refractivity contribution is 0.0235. The average Bonchev–Trinajstić information content (AvgIpc) is 2.84. The minimum Gasteiger partial charge on any atom is -0.497 e. The van der Waals surface area contributed by atoms with E-state index in [4.69, 9.17) is 9.57 Å². The molecule has 0 aliphatic carbocycles. The van der Waals surface area contributed by atoms with Gasteiger partial charge in [0.2, 0.25) is 0 Å². The molecule has 21 heavy (non-hydrogen) atoms. The first kappa shape index (κ1) is 16.0. The van der Waals surface area contributed by atoms with Crippen molar-refractivity contribution in [2.24, 2.45) is 0 Å². The lowest BCUT2D eigenvalue weighted by Crippen LogP contribution is -2.26. The van der Waals surface area contributed by atoms with Crippen molar-refractivity contribution in [1.29, 1.82) is 0 Å². The Morgan fingerprint density at radius 3 is 2.62 bits per heavy atom. The predicted octanol–water partition coefficient (Wildman–Crippen LogP) is 3.78. The van der Waals surface area contributed by atoms with Crippen LogP contribution in [0.25, 0.3) is 0 Å². The average molecular weight is 435 g/mol. The largest absolute Gasteiger partial charge is 0.497 e. The van der Waals surface area contributed by atoms with Crippen LogP contribution in [0.1, 0.15) is 20.0 Å². The summed E-state index contributed by atoms with van der Waals surface area (Å²) in [5, 5.41) is 0. The van der Waals surface area contributed by atoms with Gasteiger partial charge in [-0.1, -0.05) is 6.07 Å². The van der Waals surface area contributed by atoms with E-state index in [9.17, 15) is 9.59 Å². The van der Waals surface area contributed by atoms with Gasteiger partial charge < -0.3 is 9.57 Å². The molecule has 0 atom stereocenters. The molecule has 2 aromatic rings. The number of carbonyl (C=O) groups is 2. The van der Waals surface area contributed by atoms with Gasteiger partial charge in [-0.3, -0.25) is 4.79 Å². The molecule has 5 nitrogen and oxygen atoms in total. The van der Waals surface area contributed by atoms with Crippen molar-refractivity contribution < 1.29 is 19.2 Å². The monoisotopic (exact) mass is 433 g/mol. The second kappa shape index (κ2) is 7.06. The van der Waals surface area contributed by atoms with Crippen LogP contribution in [-0.2, 0) is 4.84 Å². The van der Waals surface area contributed by atoms with Crippen LogP contribution < -0.4 is 10.2 Å². The molecule has 1 aromatic heterocycles. The number of nitrogens with one attached hydrogen (secondary N) is 1. The zero-order valence-corrected chi connectivity index (χ0v) is 14.7. The Bertz CT molecular complexity index is 667. The molecular formula is C13H9Br2NO4S. The summed E-state index contributed by atoms with van der Waals surface area (Å²) >= 11 is 7.75. The Labute approximate surface area is 141 Å². The zero-order valence-electron chi connectivity index (χ0n) is 10.7. The lowest BCUT2D eigenvalue weighted by atomic mass is 10.2. The van der Waals surface area contributed by atoms with E-state index < -0.39 is 11.9 Å². The van der Waals surface area contributed by atoms with Crippen molar-refractivity contribution in [3.63, 3.8) is 0 Å². The molecule has 110 valence electrons. The first-order chi connectivity index (χ1) is 10.0. The first-order valence-corrected chi connectivity index (χ1v) is 8.02. The number of ether oxygens (including phenoxy) is 1. The molecule has 0 fully saturated rings. The fraction of sp³-hybridized carbons (Fsp3) is 0.0769. The number of hydrogen-bond donors (Lipinski definition) is 1. The molecule has 0 bridgehead atoms. The van der Waals surface area contributed by atoms with Crippen LogP contribution in [0.3, 0.4) is 0 Å². The van der Waals surface area contributed by atoms with Gasteiger partial charge in [0, 0.05) is 10.0 Å². The van der Waals surface area contributed by atoms with Gasteiger partial charge in [0.15, 0.2) is 0 Å². The summed E-state index contributed by atoms with van der Waals surface area (Å²) in [5.74, 6) is -0.625. The molecule has 1 aromatic carbocycles. The van der Waals surface area contributed by atoms with E-state index in [2.05, 4.69) is 37.3 Å². The van der Waals surface area contributed by atoms with Gasteiger partial charge in [-0.15, -0.1) is 11.3 Å². The SMILES string of the molecule is COc1cccc(C(=O)NOC(=O)c2cc(Br)c(Br)s2)c1. The lowest BCUT2D eigenvalue weighted by Gasteiger charge is -2.06. The molecule has 1 amide bonds. The Kier molecular flexibility index (Phi) is 5.38. The number of hydroxylamine groups is 1. The fourth-order valence-electron chi connectivity index (χ4n) is 1.41. The molecule has 0 saturated carbocycles. The third kappa shape index (κ3) is 4.05. The fourth-order valence-corrected chi connectivity index (χ4v) is 3.33. The molecule has 2 rings (SSSR count). The smallest absolute Gasteiger partial charge is 0.372 e. The van der Waals surface area contributed by atoms with Crippen molar-refractivity contribution in [2.75, 3.05) is 7.11 Å². The normalized spacial score (nSPS) is 10.0. The number of halogens is 2. The minimum atomic E-state index is -0.636. The van der Waals surface area contributed by atoms with Crippen LogP contribution in [0, 0.1) is 0 Å². The number of thiophene rings is 1. The van der Waals surface area contributed by atoms with Crippen LogP contribution >= 0.6 is 43.2 Å². The molecule has 0 aliphatic heterocycles. The molecule has 0 unspecified atom stereocenters. The topological polar surface area (TPSA) is 64.6 Å². The quantitative estimate of drug-likeness (QED) is 0.746. The highest BCUT2D eigenvalue weighted by molar-refractivity contribution is 9.13. The van der Waals surface area contributed by atoms with Crippen LogP contribution in [0.5, 0.6) is 5.75 Å². The van der Waals surface area contributed by atoms with E-state index in [-0.39, 0.29) is 0 Å². The Balaban J connectivity index is 1.98. The Morgan fingerprint density at radius 1 is 1.24 bits per heavy atom. The van der Waals surface area contributed by atoms with Crippen LogP contribution in [0.2, 0.25) is 0 Å². The molecule has 0 spiro atoms. The summed E-state index contributed by atoms with van der Waals surface area (Å²) < 4.78 is 6.54. The summed E-state index contributed by atoms with van der Waals surface area (Å²) in [4.78, 5) is 28.8. The minimum absolute atomic E-state index is 0.329. The van der Waals surface area contributed by atoms with Gasteiger partial charge in [-0.2, -0.15) is 5.48 Å². The van der Waals surface area contributed by atoms with Crippen LogP contribution in [-0.4, -0.2) is 19.0 Å². The third-order valence-electron chi connectivity index (χ3n) is 2.41. The molecule has 1 N–H and O–H groups in total. The maximum absolute atomic E-state index is 11.9. The highest BCUT2D eigenvalue weighted by atomic mass is 79.9. The highest BCUT2D eigenvalue weighted by Gasteiger charge is 2.15. The number of benzene rings is 1. The summed E-state index contributed by atoms with van der Waals surface area (Å²) in [6.07, 6.45) is 0. The summed E-state index contributed by atoms with van der Waals surface area (Å²) in [5.41, 5.74) is 2.44. The number of carbonyl (C=O) groups excluding carboxylic acids is 2. The van der Waals surface area contributed by atoms with Crippen molar-refractivity contribution in [1.82, 2.24) is 5.48 Å². The summed E-state index contributed by atoms with van der Waals surface area (Å²) in [7, 11) is 1.50. The number of hydrogen-bond acceptors (Lipinski definition) is 5. The van der Waals surface area contributed by atoms with E-state index in [0.717, 1.165) is 8.26 Å². The van der Waals surface area contributed by atoms with Gasteiger partial charge in [0.1, 0.15) is 10.6 Å². The Hall–Kier alpha value is -1.38.